The molecule has 9 heteroatoms. The first-order valence-corrected chi connectivity index (χ1v) is 9.34. The molecule has 0 saturated carbocycles. The summed E-state index contributed by atoms with van der Waals surface area (Å²) < 4.78 is 11.9. The Bertz CT molecular complexity index is 1460. The smallest absolute Gasteiger partial charge is 0.422 e. The third-order valence-corrected chi connectivity index (χ3v) is 4.69. The van der Waals surface area contributed by atoms with Crippen molar-refractivity contribution in [3.63, 3.8) is 0 Å². The second-order valence-corrected chi connectivity index (χ2v) is 6.56. The highest BCUT2D eigenvalue weighted by molar-refractivity contribution is 5.99. The van der Waals surface area contributed by atoms with Gasteiger partial charge in [0.05, 0.1) is 23.0 Å². The summed E-state index contributed by atoms with van der Waals surface area (Å²) in [5.41, 5.74) is -0.321. The molecule has 1 N–H and O–H groups in total. The van der Waals surface area contributed by atoms with Crippen molar-refractivity contribution in [1.29, 1.82) is 0 Å². The Hall–Kier alpha value is -4.14. The van der Waals surface area contributed by atoms with E-state index in [1.165, 1.54) is 9.13 Å². The number of aryl methyl sites for hydroxylation is 2. The maximum absolute atomic E-state index is 12.0. The van der Waals surface area contributed by atoms with Gasteiger partial charge >= 0.3 is 17.4 Å². The van der Waals surface area contributed by atoms with Gasteiger partial charge in [-0.25, -0.2) is 14.4 Å². The third-order valence-electron chi connectivity index (χ3n) is 4.69. The molecule has 0 aliphatic carbocycles. The number of ether oxygens (including phenoxy) is 1. The second-order valence-electron chi connectivity index (χ2n) is 6.56. The Kier molecular flexibility index (Phi) is 6.05. The summed E-state index contributed by atoms with van der Waals surface area (Å²) in [6.07, 6.45) is 0. The van der Waals surface area contributed by atoms with Crippen LogP contribution in [-0.4, -0.2) is 26.8 Å². The summed E-state index contributed by atoms with van der Waals surface area (Å²) in [7, 11) is 3.11. The Morgan fingerprint density at radius 1 is 0.935 bits per heavy atom. The van der Waals surface area contributed by atoms with E-state index < -0.39 is 22.9 Å². The van der Waals surface area contributed by atoms with E-state index in [4.69, 9.17) is 4.74 Å². The lowest BCUT2D eigenvalue weighted by Gasteiger charge is -2.10. The van der Waals surface area contributed by atoms with Crippen molar-refractivity contribution in [2.45, 2.75) is 6.92 Å². The summed E-state index contributed by atoms with van der Waals surface area (Å²) in [5.74, 6) is -1.77. The molecule has 2 heterocycles. The standard InChI is InChI=1S/C13H13NO4.C9H7NO3/c1-3-18-13(17)10-11(15)8-6-4-5-7-9(8)14(2)12(10)16;1-10-7-5-3-2-4-6(7)8(11)13-9(10)12/h4-7,15H,3H2,1-2H3;2-5H,1H3. The van der Waals surface area contributed by atoms with E-state index in [1.807, 2.05) is 0 Å². The molecule has 0 aliphatic heterocycles. The highest BCUT2D eigenvalue weighted by Crippen LogP contribution is 2.26. The van der Waals surface area contributed by atoms with Crippen molar-refractivity contribution < 1.29 is 19.1 Å². The first-order chi connectivity index (χ1) is 14.8. The van der Waals surface area contributed by atoms with Gasteiger partial charge in [0, 0.05) is 19.5 Å². The summed E-state index contributed by atoms with van der Waals surface area (Å²) in [6, 6.07) is 13.6. The van der Waals surface area contributed by atoms with Crippen molar-refractivity contribution >= 4 is 27.8 Å². The van der Waals surface area contributed by atoms with Crippen LogP contribution in [0.4, 0.5) is 0 Å². The number of hydrogen-bond donors (Lipinski definition) is 1. The van der Waals surface area contributed by atoms with Crippen LogP contribution >= 0.6 is 0 Å². The largest absolute Gasteiger partial charge is 0.506 e. The summed E-state index contributed by atoms with van der Waals surface area (Å²) in [6.45, 7) is 1.79. The molecule has 9 nitrogen and oxygen atoms in total. The predicted octanol–water partition coefficient (Wildman–Crippen LogP) is 1.91. The van der Waals surface area contributed by atoms with Crippen LogP contribution in [0.5, 0.6) is 5.75 Å². The fraction of sp³-hybridized carbons (Fsp3) is 0.182. The molecular weight excluding hydrogens is 404 g/mol. The number of carbonyl (C=O) groups excluding carboxylic acids is 1. The lowest BCUT2D eigenvalue weighted by molar-refractivity contribution is 0.0520. The van der Waals surface area contributed by atoms with E-state index >= 15 is 0 Å². The Labute approximate surface area is 175 Å². The van der Waals surface area contributed by atoms with Crippen LogP contribution in [0.25, 0.3) is 21.8 Å². The van der Waals surface area contributed by atoms with Gasteiger partial charge in [0.1, 0.15) is 5.75 Å². The number of benzene rings is 2. The van der Waals surface area contributed by atoms with Gasteiger partial charge in [0.25, 0.3) is 5.56 Å². The number of pyridine rings is 1. The topological polar surface area (TPSA) is 121 Å². The molecular formula is C22H20N2O7. The van der Waals surface area contributed by atoms with E-state index in [1.54, 1.807) is 69.6 Å². The van der Waals surface area contributed by atoms with Crippen LogP contribution in [0.15, 0.2) is 67.3 Å². The Balaban J connectivity index is 0.000000185. The van der Waals surface area contributed by atoms with Gasteiger partial charge < -0.3 is 18.8 Å². The highest BCUT2D eigenvalue weighted by atomic mass is 16.5. The molecule has 31 heavy (non-hydrogen) atoms. The van der Waals surface area contributed by atoms with Gasteiger partial charge in [-0.3, -0.25) is 9.36 Å². The molecule has 4 aromatic rings. The normalized spacial score (nSPS) is 10.5. The number of aromatic hydroxyl groups is 1. The average molecular weight is 424 g/mol. The molecule has 160 valence electrons. The minimum absolute atomic E-state index is 0.147. The molecule has 2 aromatic carbocycles. The zero-order valence-electron chi connectivity index (χ0n) is 17.1. The molecule has 0 spiro atoms. The third kappa shape index (κ3) is 3.97. The fourth-order valence-corrected chi connectivity index (χ4v) is 3.11. The average Bonchev–Trinajstić information content (AvgIpc) is 2.77. The molecule has 0 radical (unpaired) electrons. The van der Waals surface area contributed by atoms with E-state index in [9.17, 15) is 24.3 Å². The van der Waals surface area contributed by atoms with Gasteiger partial charge in [-0.1, -0.05) is 24.3 Å². The number of carbonyl (C=O) groups is 1. The van der Waals surface area contributed by atoms with Gasteiger partial charge in [-0.2, -0.15) is 0 Å². The number of para-hydroxylation sites is 2. The minimum atomic E-state index is -0.804. The monoisotopic (exact) mass is 424 g/mol. The number of rotatable bonds is 2. The SMILES string of the molecule is CCOC(=O)c1c(O)c2ccccc2n(C)c1=O.Cn1c(=O)oc(=O)c2ccccc21. The number of fused-ring (bicyclic) bond motifs is 2. The summed E-state index contributed by atoms with van der Waals surface area (Å²) in [4.78, 5) is 45.9. The van der Waals surface area contributed by atoms with Crippen LogP contribution in [0.2, 0.25) is 0 Å². The molecule has 0 atom stereocenters. The first kappa shape index (κ1) is 21.6. The minimum Gasteiger partial charge on any atom is -0.506 e. The highest BCUT2D eigenvalue weighted by Gasteiger charge is 2.21. The molecule has 0 amide bonds. The number of hydrogen-bond acceptors (Lipinski definition) is 7. The lowest BCUT2D eigenvalue weighted by atomic mass is 10.1. The van der Waals surface area contributed by atoms with Crippen LogP contribution in [0, 0.1) is 0 Å². The number of esters is 1. The van der Waals surface area contributed by atoms with Crippen LogP contribution in [0.3, 0.4) is 0 Å². The van der Waals surface area contributed by atoms with Crippen LogP contribution in [0.1, 0.15) is 17.3 Å². The molecule has 0 saturated heterocycles. The quantitative estimate of drug-likeness (QED) is 0.488. The summed E-state index contributed by atoms with van der Waals surface area (Å²) in [5, 5.41) is 10.9. The van der Waals surface area contributed by atoms with Crippen molar-refractivity contribution in [3.8, 4) is 5.75 Å². The molecule has 0 fully saturated rings. The molecule has 2 aromatic heterocycles. The number of aromatic nitrogens is 2. The van der Waals surface area contributed by atoms with E-state index in [0.29, 0.717) is 21.8 Å². The second kappa shape index (κ2) is 8.70. The maximum Gasteiger partial charge on any atom is 0.422 e. The number of nitrogens with zero attached hydrogens (tertiary/aromatic N) is 2. The zero-order chi connectivity index (χ0) is 22.7. The molecule has 4 rings (SSSR count). The van der Waals surface area contributed by atoms with Crippen molar-refractivity contribution in [2.24, 2.45) is 14.1 Å². The van der Waals surface area contributed by atoms with E-state index in [-0.39, 0.29) is 17.9 Å². The van der Waals surface area contributed by atoms with Gasteiger partial charge in [0.2, 0.25) is 0 Å². The van der Waals surface area contributed by atoms with Crippen molar-refractivity contribution in [1.82, 2.24) is 9.13 Å². The molecule has 0 bridgehead atoms. The molecule has 0 aliphatic rings. The molecule has 0 unspecified atom stereocenters. The van der Waals surface area contributed by atoms with Crippen molar-refractivity contribution in [2.75, 3.05) is 6.61 Å². The van der Waals surface area contributed by atoms with Gasteiger partial charge in [-0.05, 0) is 31.2 Å². The predicted molar refractivity (Wildman–Crippen MR) is 115 cm³/mol. The van der Waals surface area contributed by atoms with Gasteiger partial charge in [0.15, 0.2) is 5.56 Å². The van der Waals surface area contributed by atoms with Crippen LogP contribution < -0.4 is 16.9 Å². The van der Waals surface area contributed by atoms with Gasteiger partial charge in [-0.15, -0.1) is 0 Å². The van der Waals surface area contributed by atoms with E-state index in [0.717, 1.165) is 0 Å². The van der Waals surface area contributed by atoms with Crippen LogP contribution in [-0.2, 0) is 18.8 Å². The lowest BCUT2D eigenvalue weighted by Crippen LogP contribution is -2.26. The maximum atomic E-state index is 12.0. The van der Waals surface area contributed by atoms with E-state index in [2.05, 4.69) is 4.42 Å². The fourth-order valence-electron chi connectivity index (χ4n) is 3.11. The summed E-state index contributed by atoms with van der Waals surface area (Å²) >= 11 is 0. The van der Waals surface area contributed by atoms with Crippen molar-refractivity contribution in [3.05, 3.63) is 85.4 Å². The zero-order valence-corrected chi connectivity index (χ0v) is 17.1. The first-order valence-electron chi connectivity index (χ1n) is 9.34. The Morgan fingerprint density at radius 3 is 2.10 bits per heavy atom. The Morgan fingerprint density at radius 2 is 1.48 bits per heavy atom.